The van der Waals surface area contributed by atoms with Crippen LogP contribution in [0.5, 0.6) is 0 Å². The van der Waals surface area contributed by atoms with Crippen LogP contribution in [-0.2, 0) is 9.53 Å². The van der Waals surface area contributed by atoms with Crippen LogP contribution in [0.4, 0.5) is 0 Å². The number of ether oxygens (including phenoxy) is 1. The van der Waals surface area contributed by atoms with Gasteiger partial charge in [0.25, 0.3) is 0 Å². The number of hydrogen-bond acceptors (Lipinski definition) is 2. The van der Waals surface area contributed by atoms with Gasteiger partial charge in [0.1, 0.15) is 0 Å². The zero-order valence-electron chi connectivity index (χ0n) is 11.5. The average Bonchev–Trinajstić information content (AvgIpc) is 2.31. The number of nitrogens with two attached hydrogens (primary N) is 1. The highest BCUT2D eigenvalue weighted by molar-refractivity contribution is 5.76. The molecule has 1 atom stereocenters. The summed E-state index contributed by atoms with van der Waals surface area (Å²) in [6.07, 6.45) is 8.65. The summed E-state index contributed by atoms with van der Waals surface area (Å²) in [5.74, 6) is -0.0888. The number of carbonyl (C=O) groups is 1. The van der Waals surface area contributed by atoms with Gasteiger partial charge < -0.3 is 10.5 Å². The molecule has 0 aromatic carbocycles. The van der Waals surface area contributed by atoms with Gasteiger partial charge in [0.05, 0.1) is 0 Å². The molecule has 17 heavy (non-hydrogen) atoms. The molecule has 0 saturated heterocycles. The molecule has 0 aromatic rings. The third-order valence-electron chi connectivity index (χ3n) is 3.00. The van der Waals surface area contributed by atoms with Gasteiger partial charge in [-0.1, -0.05) is 39.5 Å². The van der Waals surface area contributed by atoms with Crippen LogP contribution < -0.4 is 5.73 Å². The van der Waals surface area contributed by atoms with Gasteiger partial charge in [-0.05, 0) is 25.7 Å². The summed E-state index contributed by atoms with van der Waals surface area (Å²) in [6.45, 7) is 5.86. The fourth-order valence-corrected chi connectivity index (χ4v) is 1.92. The lowest BCUT2D eigenvalue weighted by atomic mass is 9.95. The third-order valence-corrected chi connectivity index (χ3v) is 3.00. The lowest BCUT2D eigenvalue weighted by molar-refractivity contribution is -0.122. The van der Waals surface area contributed by atoms with E-state index in [2.05, 4.69) is 13.8 Å². The van der Waals surface area contributed by atoms with Crippen molar-refractivity contribution in [2.75, 3.05) is 13.2 Å². The summed E-state index contributed by atoms with van der Waals surface area (Å²) in [6, 6.07) is 0. The number of amides is 1. The Labute approximate surface area is 106 Å². The molecule has 0 aliphatic heterocycles. The number of primary amides is 1. The number of carbonyl (C=O) groups excluding carboxylic acids is 1. The topological polar surface area (TPSA) is 52.3 Å². The number of unbranched alkanes of at least 4 members (excludes halogenated alkanes) is 3. The Hall–Kier alpha value is -0.570. The van der Waals surface area contributed by atoms with Crippen molar-refractivity contribution in [1.82, 2.24) is 0 Å². The quantitative estimate of drug-likeness (QED) is 0.535. The molecule has 2 N–H and O–H groups in total. The van der Waals surface area contributed by atoms with Crippen LogP contribution in [0.25, 0.3) is 0 Å². The van der Waals surface area contributed by atoms with Crippen LogP contribution in [0, 0.1) is 5.92 Å². The second-order valence-electron chi connectivity index (χ2n) is 4.70. The molecule has 0 heterocycles. The molecule has 0 aromatic heterocycles. The summed E-state index contributed by atoms with van der Waals surface area (Å²) in [7, 11) is 0. The standard InChI is InChI=1S/C14H29NO2/c1-3-5-6-7-9-13(14(15)16)10-8-12-17-11-4-2/h13H,3-12H2,1-2H3,(H2,15,16). The number of hydrogen-bond donors (Lipinski definition) is 1. The highest BCUT2D eigenvalue weighted by Crippen LogP contribution is 2.16. The Morgan fingerprint density at radius 3 is 2.29 bits per heavy atom. The molecular weight excluding hydrogens is 214 g/mol. The third kappa shape index (κ3) is 10.3. The summed E-state index contributed by atoms with van der Waals surface area (Å²) in [4.78, 5) is 11.3. The molecule has 0 bridgehead atoms. The second-order valence-corrected chi connectivity index (χ2v) is 4.70. The Morgan fingerprint density at radius 1 is 1.00 bits per heavy atom. The lowest BCUT2D eigenvalue weighted by Gasteiger charge is -2.13. The van der Waals surface area contributed by atoms with E-state index in [-0.39, 0.29) is 11.8 Å². The largest absolute Gasteiger partial charge is 0.381 e. The molecular formula is C14H29NO2. The van der Waals surface area contributed by atoms with Crippen molar-refractivity contribution in [3.05, 3.63) is 0 Å². The van der Waals surface area contributed by atoms with E-state index in [1.54, 1.807) is 0 Å². The Kier molecular flexibility index (Phi) is 11.5. The lowest BCUT2D eigenvalue weighted by Crippen LogP contribution is -2.23. The van der Waals surface area contributed by atoms with E-state index in [4.69, 9.17) is 10.5 Å². The summed E-state index contributed by atoms with van der Waals surface area (Å²) in [5.41, 5.74) is 5.41. The molecule has 0 spiro atoms. The maximum Gasteiger partial charge on any atom is 0.220 e. The van der Waals surface area contributed by atoms with Crippen molar-refractivity contribution in [2.45, 2.75) is 65.2 Å². The second kappa shape index (κ2) is 11.9. The minimum Gasteiger partial charge on any atom is -0.381 e. The average molecular weight is 243 g/mol. The first kappa shape index (κ1) is 16.4. The van der Waals surface area contributed by atoms with E-state index in [0.29, 0.717) is 0 Å². The Bertz CT molecular complexity index is 183. The van der Waals surface area contributed by atoms with Crippen molar-refractivity contribution in [2.24, 2.45) is 11.7 Å². The summed E-state index contributed by atoms with van der Waals surface area (Å²) in [5, 5.41) is 0. The van der Waals surface area contributed by atoms with Gasteiger partial charge in [0.2, 0.25) is 5.91 Å². The van der Waals surface area contributed by atoms with E-state index < -0.39 is 0 Å². The molecule has 102 valence electrons. The van der Waals surface area contributed by atoms with E-state index in [9.17, 15) is 4.79 Å². The van der Waals surface area contributed by atoms with Gasteiger partial charge >= 0.3 is 0 Å². The Morgan fingerprint density at radius 2 is 1.71 bits per heavy atom. The molecule has 0 aliphatic rings. The molecule has 0 aliphatic carbocycles. The van der Waals surface area contributed by atoms with Crippen molar-refractivity contribution >= 4 is 5.91 Å². The predicted molar refractivity (Wildman–Crippen MR) is 71.8 cm³/mol. The van der Waals surface area contributed by atoms with Crippen LogP contribution in [-0.4, -0.2) is 19.1 Å². The SMILES string of the molecule is CCCCCCC(CCCOCCC)C(N)=O. The monoisotopic (exact) mass is 243 g/mol. The van der Waals surface area contributed by atoms with Crippen molar-refractivity contribution in [3.63, 3.8) is 0 Å². The molecule has 0 rings (SSSR count). The van der Waals surface area contributed by atoms with Crippen LogP contribution in [0.15, 0.2) is 0 Å². The fourth-order valence-electron chi connectivity index (χ4n) is 1.92. The zero-order valence-corrected chi connectivity index (χ0v) is 11.5. The van der Waals surface area contributed by atoms with E-state index in [1.165, 1.54) is 19.3 Å². The van der Waals surface area contributed by atoms with Crippen LogP contribution in [0.1, 0.15) is 65.2 Å². The van der Waals surface area contributed by atoms with Gasteiger partial charge in [-0.15, -0.1) is 0 Å². The van der Waals surface area contributed by atoms with Gasteiger partial charge in [-0.25, -0.2) is 0 Å². The molecule has 0 fully saturated rings. The van der Waals surface area contributed by atoms with Crippen LogP contribution in [0.2, 0.25) is 0 Å². The molecule has 3 heteroatoms. The van der Waals surface area contributed by atoms with E-state index in [0.717, 1.165) is 45.3 Å². The first-order valence-electron chi connectivity index (χ1n) is 7.09. The summed E-state index contributed by atoms with van der Waals surface area (Å²) >= 11 is 0. The van der Waals surface area contributed by atoms with E-state index in [1.807, 2.05) is 0 Å². The van der Waals surface area contributed by atoms with Gasteiger partial charge in [0, 0.05) is 19.1 Å². The zero-order chi connectivity index (χ0) is 12.9. The first-order valence-corrected chi connectivity index (χ1v) is 7.09. The predicted octanol–water partition coefficient (Wildman–Crippen LogP) is 3.27. The first-order chi connectivity index (χ1) is 8.22. The highest BCUT2D eigenvalue weighted by Gasteiger charge is 2.14. The fraction of sp³-hybridized carbons (Fsp3) is 0.929. The maximum absolute atomic E-state index is 11.3. The normalized spacial score (nSPS) is 12.6. The number of rotatable bonds is 12. The molecule has 1 unspecified atom stereocenters. The van der Waals surface area contributed by atoms with E-state index >= 15 is 0 Å². The minimum absolute atomic E-state index is 0.0529. The Balaban J connectivity index is 3.57. The van der Waals surface area contributed by atoms with Crippen LogP contribution in [0.3, 0.4) is 0 Å². The van der Waals surface area contributed by atoms with Crippen LogP contribution >= 0.6 is 0 Å². The van der Waals surface area contributed by atoms with Crippen molar-refractivity contribution in [1.29, 1.82) is 0 Å². The van der Waals surface area contributed by atoms with Gasteiger partial charge in [-0.3, -0.25) is 4.79 Å². The van der Waals surface area contributed by atoms with Crippen molar-refractivity contribution in [3.8, 4) is 0 Å². The maximum atomic E-state index is 11.3. The van der Waals surface area contributed by atoms with Gasteiger partial charge in [-0.2, -0.15) is 0 Å². The molecule has 3 nitrogen and oxygen atoms in total. The smallest absolute Gasteiger partial charge is 0.220 e. The van der Waals surface area contributed by atoms with Crippen molar-refractivity contribution < 1.29 is 9.53 Å². The highest BCUT2D eigenvalue weighted by atomic mass is 16.5. The molecule has 0 radical (unpaired) electrons. The summed E-state index contributed by atoms with van der Waals surface area (Å²) < 4.78 is 5.40. The molecule has 1 amide bonds. The van der Waals surface area contributed by atoms with Gasteiger partial charge in [0.15, 0.2) is 0 Å². The minimum atomic E-state index is -0.142. The molecule has 0 saturated carbocycles.